The van der Waals surface area contributed by atoms with E-state index in [0.717, 1.165) is 44.9 Å². The van der Waals surface area contributed by atoms with Crippen LogP contribution in [0.25, 0.3) is 0 Å². The highest BCUT2D eigenvalue weighted by molar-refractivity contribution is 6.02. The summed E-state index contributed by atoms with van der Waals surface area (Å²) in [7, 11) is 0. The van der Waals surface area contributed by atoms with Crippen LogP contribution >= 0.6 is 0 Å². The van der Waals surface area contributed by atoms with Gasteiger partial charge in [-0.3, -0.25) is 14.5 Å². The normalized spacial score (nSPS) is 14.6. The molecule has 0 unspecified atom stereocenters. The number of hydrogen-bond donors (Lipinski definition) is 2. The van der Waals surface area contributed by atoms with Crippen molar-refractivity contribution in [3.05, 3.63) is 0 Å². The lowest BCUT2D eigenvalue weighted by molar-refractivity contribution is -0.125. The number of urea groups is 1. The lowest BCUT2D eigenvalue weighted by atomic mass is 10.0. The fourth-order valence-electron chi connectivity index (χ4n) is 4.89. The topological polar surface area (TPSA) is 95.7 Å². The molecule has 0 spiro atoms. The number of carbonyl (C=O) groups excluding carboxylic acids is 3. The average molecular weight is 509 g/mol. The van der Waals surface area contributed by atoms with Crippen LogP contribution in [0.15, 0.2) is 0 Å². The van der Waals surface area contributed by atoms with Crippen LogP contribution in [-0.4, -0.2) is 59.9 Å². The van der Waals surface area contributed by atoms with Gasteiger partial charge in [0.15, 0.2) is 0 Å². The molecule has 0 aromatic heterocycles. The van der Waals surface area contributed by atoms with Gasteiger partial charge >= 0.3 is 6.03 Å². The maximum Gasteiger partial charge on any atom is 0.327 e. The summed E-state index contributed by atoms with van der Waals surface area (Å²) in [5.41, 5.74) is 5.64. The number of nitrogens with two attached hydrogens (primary N) is 1. The zero-order valence-electron chi connectivity index (χ0n) is 23.5. The monoisotopic (exact) mass is 508 g/mol. The molecule has 7 heteroatoms. The second-order valence-corrected chi connectivity index (χ2v) is 10.6. The summed E-state index contributed by atoms with van der Waals surface area (Å²) in [5.74, 6) is -0.0795. The van der Waals surface area contributed by atoms with Crippen LogP contribution in [0.4, 0.5) is 4.79 Å². The molecule has 0 bridgehead atoms. The highest BCUT2D eigenvalue weighted by Gasteiger charge is 2.36. The molecule has 0 saturated carbocycles. The molecule has 0 aromatic carbocycles. The van der Waals surface area contributed by atoms with Gasteiger partial charge in [-0.05, 0) is 32.2 Å². The Labute approximate surface area is 221 Å². The van der Waals surface area contributed by atoms with Crippen molar-refractivity contribution < 1.29 is 14.4 Å². The van der Waals surface area contributed by atoms with Gasteiger partial charge in [0, 0.05) is 25.6 Å². The summed E-state index contributed by atoms with van der Waals surface area (Å²) in [4.78, 5) is 40.5. The van der Waals surface area contributed by atoms with E-state index in [9.17, 15) is 14.4 Å². The number of amides is 4. The van der Waals surface area contributed by atoms with Gasteiger partial charge in [-0.2, -0.15) is 0 Å². The maximum absolute atomic E-state index is 12.7. The van der Waals surface area contributed by atoms with Crippen LogP contribution in [0.2, 0.25) is 0 Å². The highest BCUT2D eigenvalue weighted by atomic mass is 16.2. The van der Waals surface area contributed by atoms with E-state index >= 15 is 0 Å². The van der Waals surface area contributed by atoms with Crippen molar-refractivity contribution in [3.8, 4) is 0 Å². The first kappa shape index (κ1) is 32.4. The Hall–Kier alpha value is -1.63. The Bertz CT molecular complexity index is 599. The van der Waals surface area contributed by atoms with Crippen molar-refractivity contribution in [1.29, 1.82) is 0 Å². The molecule has 0 aliphatic carbocycles. The third-order valence-electron chi connectivity index (χ3n) is 7.18. The number of carbonyl (C=O) groups is 3. The van der Waals surface area contributed by atoms with E-state index in [1.807, 2.05) is 6.92 Å². The molecule has 1 saturated heterocycles. The third-order valence-corrected chi connectivity index (χ3v) is 7.18. The van der Waals surface area contributed by atoms with Gasteiger partial charge in [-0.15, -0.1) is 0 Å². The Morgan fingerprint density at radius 1 is 0.806 bits per heavy atom. The van der Waals surface area contributed by atoms with Crippen LogP contribution in [0.5, 0.6) is 0 Å². The second-order valence-electron chi connectivity index (χ2n) is 10.6. The van der Waals surface area contributed by atoms with Gasteiger partial charge in [-0.25, -0.2) is 4.79 Å². The maximum atomic E-state index is 12.7. The molecule has 1 aliphatic heterocycles. The molecular formula is C29H56N4O3. The number of imide groups is 1. The van der Waals surface area contributed by atoms with Crippen molar-refractivity contribution in [2.24, 2.45) is 5.73 Å². The minimum absolute atomic E-state index is 0.0524. The van der Waals surface area contributed by atoms with Crippen LogP contribution in [0.3, 0.4) is 0 Å². The molecule has 0 radical (unpaired) electrons. The molecule has 1 heterocycles. The number of hydrogen-bond acceptors (Lipinski definition) is 4. The number of nitrogens with one attached hydrogen (secondary N) is 1. The van der Waals surface area contributed by atoms with Gasteiger partial charge in [0.25, 0.3) is 0 Å². The first-order valence-electron chi connectivity index (χ1n) is 15.1. The quantitative estimate of drug-likeness (QED) is 0.121. The predicted molar refractivity (Wildman–Crippen MR) is 149 cm³/mol. The zero-order chi connectivity index (χ0) is 26.4. The number of rotatable bonds is 24. The summed E-state index contributed by atoms with van der Waals surface area (Å²) >= 11 is 0. The first-order valence-corrected chi connectivity index (χ1v) is 15.1. The van der Waals surface area contributed by atoms with E-state index in [0.29, 0.717) is 26.1 Å². The van der Waals surface area contributed by atoms with E-state index in [-0.39, 0.29) is 30.4 Å². The minimum Gasteiger partial charge on any atom is -0.352 e. The van der Waals surface area contributed by atoms with Crippen molar-refractivity contribution in [2.75, 3.05) is 26.2 Å². The van der Waals surface area contributed by atoms with E-state index in [1.54, 1.807) is 4.90 Å². The smallest absolute Gasteiger partial charge is 0.327 e. The standard InChI is InChI=1S/C29H56N4O3/c1-3-5-7-8-9-10-11-12-13-14-15-16-17-21-27(34)31-26(20-18-19-22-30)24-32-25-28(35)33(29(32)36)23-6-4-2/h26H,3-25,30H2,1-2H3,(H,31,34)/t26-/m0/s1. The second kappa shape index (κ2) is 21.5. The summed E-state index contributed by atoms with van der Waals surface area (Å²) in [5, 5.41) is 3.14. The summed E-state index contributed by atoms with van der Waals surface area (Å²) in [6.45, 7) is 5.91. The molecule has 1 aliphatic rings. The number of unbranched alkanes of at least 4 members (excludes halogenated alkanes) is 14. The van der Waals surface area contributed by atoms with E-state index in [1.165, 1.54) is 75.5 Å². The summed E-state index contributed by atoms with van der Waals surface area (Å²) in [6.07, 6.45) is 21.6. The molecule has 36 heavy (non-hydrogen) atoms. The van der Waals surface area contributed by atoms with Crippen molar-refractivity contribution in [2.45, 2.75) is 142 Å². The van der Waals surface area contributed by atoms with Gasteiger partial charge in [0.2, 0.25) is 11.8 Å². The minimum atomic E-state index is -0.219. The Morgan fingerprint density at radius 3 is 1.92 bits per heavy atom. The van der Waals surface area contributed by atoms with Gasteiger partial charge in [0.05, 0.1) is 0 Å². The summed E-state index contributed by atoms with van der Waals surface area (Å²) < 4.78 is 0. The van der Waals surface area contributed by atoms with Crippen LogP contribution in [-0.2, 0) is 9.59 Å². The molecule has 210 valence electrons. The van der Waals surface area contributed by atoms with Gasteiger partial charge in [-0.1, -0.05) is 104 Å². The zero-order valence-corrected chi connectivity index (χ0v) is 23.5. The van der Waals surface area contributed by atoms with Crippen LogP contribution < -0.4 is 11.1 Å². The number of nitrogens with zero attached hydrogens (tertiary/aromatic N) is 2. The lowest BCUT2D eigenvalue weighted by Crippen LogP contribution is -2.45. The van der Waals surface area contributed by atoms with Crippen molar-refractivity contribution in [3.63, 3.8) is 0 Å². The molecular weight excluding hydrogens is 452 g/mol. The highest BCUT2D eigenvalue weighted by Crippen LogP contribution is 2.15. The fraction of sp³-hybridized carbons (Fsp3) is 0.897. The molecule has 7 nitrogen and oxygen atoms in total. The molecule has 0 aromatic rings. The van der Waals surface area contributed by atoms with E-state index < -0.39 is 0 Å². The molecule has 1 atom stereocenters. The average Bonchev–Trinajstić information content (AvgIpc) is 3.12. The van der Waals surface area contributed by atoms with Crippen molar-refractivity contribution >= 4 is 17.8 Å². The Kier molecular flexibility index (Phi) is 19.3. The molecule has 4 amide bonds. The SMILES string of the molecule is CCCCCCCCCCCCCCCC(=O)N[C@@H](CCCCN)CN1CC(=O)N(CCCC)C1=O. The van der Waals surface area contributed by atoms with E-state index in [2.05, 4.69) is 12.2 Å². The molecule has 3 N–H and O–H groups in total. The van der Waals surface area contributed by atoms with Gasteiger partial charge < -0.3 is 16.0 Å². The Morgan fingerprint density at radius 2 is 1.36 bits per heavy atom. The van der Waals surface area contributed by atoms with Crippen molar-refractivity contribution in [1.82, 2.24) is 15.1 Å². The Balaban J connectivity index is 2.23. The third kappa shape index (κ3) is 14.8. The summed E-state index contributed by atoms with van der Waals surface area (Å²) in [6, 6.07) is -0.350. The van der Waals surface area contributed by atoms with Crippen LogP contribution in [0.1, 0.15) is 136 Å². The molecule has 1 fully saturated rings. The van der Waals surface area contributed by atoms with Gasteiger partial charge in [0.1, 0.15) is 6.54 Å². The predicted octanol–water partition coefficient (Wildman–Crippen LogP) is 6.15. The van der Waals surface area contributed by atoms with E-state index in [4.69, 9.17) is 5.73 Å². The van der Waals surface area contributed by atoms with Crippen LogP contribution in [0, 0.1) is 0 Å². The lowest BCUT2D eigenvalue weighted by Gasteiger charge is -2.24. The fourth-order valence-corrected chi connectivity index (χ4v) is 4.89. The first-order chi connectivity index (χ1) is 17.5. The largest absolute Gasteiger partial charge is 0.352 e. The molecule has 1 rings (SSSR count).